The molecule has 0 spiro atoms. The third-order valence-electron chi connectivity index (χ3n) is 5.60. The lowest BCUT2D eigenvalue weighted by molar-refractivity contribution is 0.217. The number of hydrogen-bond acceptors (Lipinski definition) is 8. The molecule has 0 unspecified atom stereocenters. The zero-order valence-electron chi connectivity index (χ0n) is 18.6. The Morgan fingerprint density at radius 1 is 0.906 bits per heavy atom. The van der Waals surface area contributed by atoms with Crippen molar-refractivity contribution in [1.82, 2.24) is 14.7 Å². The molecule has 1 fully saturated rings. The van der Waals surface area contributed by atoms with E-state index in [2.05, 4.69) is 27.0 Å². The molecule has 0 amide bonds. The predicted molar refractivity (Wildman–Crippen MR) is 125 cm³/mol. The van der Waals surface area contributed by atoms with Crippen LogP contribution in [0.25, 0.3) is 11.5 Å². The Hall–Kier alpha value is -3.04. The maximum Gasteiger partial charge on any atom is 0.288 e. The molecule has 2 heterocycles. The topological polar surface area (TPSA) is 65.1 Å². The van der Waals surface area contributed by atoms with Crippen molar-refractivity contribution in [2.75, 3.05) is 52.4 Å². The van der Waals surface area contributed by atoms with Gasteiger partial charge in [-0.25, -0.2) is 4.68 Å². The van der Waals surface area contributed by atoms with Crippen LogP contribution in [0, 0.1) is 4.84 Å². The highest BCUT2D eigenvalue weighted by atomic mass is 32.1. The van der Waals surface area contributed by atoms with Crippen LogP contribution in [-0.2, 0) is 6.67 Å². The van der Waals surface area contributed by atoms with E-state index in [0.717, 1.165) is 43.9 Å². The highest BCUT2D eigenvalue weighted by molar-refractivity contribution is 7.71. The first-order valence-electron chi connectivity index (χ1n) is 10.5. The minimum atomic E-state index is 0.353. The van der Waals surface area contributed by atoms with Gasteiger partial charge in [0.1, 0.15) is 5.75 Å². The zero-order chi connectivity index (χ0) is 22.5. The zero-order valence-corrected chi connectivity index (χ0v) is 19.4. The number of rotatable bonds is 7. The highest BCUT2D eigenvalue weighted by Gasteiger charge is 2.18. The van der Waals surface area contributed by atoms with Gasteiger partial charge in [0, 0.05) is 37.4 Å². The fourth-order valence-electron chi connectivity index (χ4n) is 3.83. The summed E-state index contributed by atoms with van der Waals surface area (Å²) >= 11 is 5.44. The van der Waals surface area contributed by atoms with Crippen LogP contribution in [0.4, 0.5) is 5.69 Å². The summed E-state index contributed by atoms with van der Waals surface area (Å²) < 4.78 is 23.5. The minimum Gasteiger partial charge on any atom is -0.497 e. The number of ether oxygens (including phenoxy) is 3. The summed E-state index contributed by atoms with van der Waals surface area (Å²) in [5, 5.41) is 4.61. The van der Waals surface area contributed by atoms with E-state index in [9.17, 15) is 0 Å². The standard InChI is InChI=1S/C23H28N4O4S/c1-28-19-8-6-18(7-9-19)26-12-4-11-25(13-14-26)16-27-23(32)31-22(24-27)17-5-10-20(29-2)21(15-17)30-3/h5-10,15H,4,11-14,16H2,1-3H3. The van der Waals surface area contributed by atoms with Gasteiger partial charge in [-0.3, -0.25) is 4.90 Å². The van der Waals surface area contributed by atoms with Gasteiger partial charge in [-0.05, 0) is 61.1 Å². The van der Waals surface area contributed by atoms with E-state index < -0.39 is 0 Å². The van der Waals surface area contributed by atoms with Gasteiger partial charge in [0.25, 0.3) is 4.84 Å². The molecule has 8 nitrogen and oxygen atoms in total. The number of nitrogens with zero attached hydrogens (tertiary/aromatic N) is 4. The van der Waals surface area contributed by atoms with Gasteiger partial charge in [-0.15, -0.1) is 5.10 Å². The van der Waals surface area contributed by atoms with Crippen LogP contribution in [0.2, 0.25) is 0 Å². The van der Waals surface area contributed by atoms with Gasteiger partial charge in [-0.1, -0.05) is 0 Å². The third kappa shape index (κ3) is 4.89. The van der Waals surface area contributed by atoms with Crippen molar-refractivity contribution in [3.8, 4) is 28.7 Å². The molecule has 1 aliphatic rings. The van der Waals surface area contributed by atoms with E-state index in [-0.39, 0.29) is 0 Å². The molecule has 0 aliphatic carbocycles. The first-order valence-corrected chi connectivity index (χ1v) is 10.9. The Morgan fingerprint density at radius 2 is 1.69 bits per heavy atom. The van der Waals surface area contributed by atoms with Crippen LogP contribution in [0.3, 0.4) is 0 Å². The Morgan fingerprint density at radius 3 is 2.41 bits per heavy atom. The SMILES string of the molecule is COc1ccc(N2CCCN(Cn3nc(-c4ccc(OC)c(OC)c4)oc3=S)CC2)cc1. The number of methoxy groups -OCH3 is 3. The van der Waals surface area contributed by atoms with Gasteiger partial charge in [-0.2, -0.15) is 0 Å². The summed E-state index contributed by atoms with van der Waals surface area (Å²) in [7, 11) is 4.89. The number of anilines is 1. The molecule has 1 saturated heterocycles. The molecule has 0 bridgehead atoms. The molecular formula is C23H28N4O4S. The van der Waals surface area contributed by atoms with Crippen LogP contribution in [0.1, 0.15) is 6.42 Å². The lowest BCUT2D eigenvalue weighted by Crippen LogP contribution is -2.32. The molecule has 4 rings (SSSR count). The van der Waals surface area contributed by atoms with Crippen molar-refractivity contribution in [2.45, 2.75) is 13.1 Å². The largest absolute Gasteiger partial charge is 0.497 e. The Bertz CT molecular complexity index is 1100. The van der Waals surface area contributed by atoms with Crippen LogP contribution in [-0.4, -0.2) is 62.2 Å². The molecule has 0 radical (unpaired) electrons. The Kier molecular flexibility index (Phi) is 6.96. The maximum absolute atomic E-state index is 5.78. The molecule has 1 aromatic heterocycles. The Balaban J connectivity index is 1.43. The predicted octanol–water partition coefficient (Wildman–Crippen LogP) is 4.07. The van der Waals surface area contributed by atoms with Crippen molar-refractivity contribution in [1.29, 1.82) is 0 Å². The van der Waals surface area contributed by atoms with E-state index in [1.807, 2.05) is 30.3 Å². The molecular weight excluding hydrogens is 428 g/mol. The van der Waals surface area contributed by atoms with Crippen LogP contribution >= 0.6 is 12.2 Å². The lowest BCUT2D eigenvalue weighted by atomic mass is 10.2. The van der Waals surface area contributed by atoms with Crippen LogP contribution in [0.5, 0.6) is 17.2 Å². The minimum absolute atomic E-state index is 0.353. The summed E-state index contributed by atoms with van der Waals surface area (Å²) in [4.78, 5) is 5.10. The summed E-state index contributed by atoms with van der Waals surface area (Å²) in [5.41, 5.74) is 2.00. The first-order chi connectivity index (χ1) is 15.6. The highest BCUT2D eigenvalue weighted by Crippen LogP contribution is 2.31. The van der Waals surface area contributed by atoms with E-state index in [0.29, 0.717) is 28.9 Å². The van der Waals surface area contributed by atoms with Crippen LogP contribution < -0.4 is 19.1 Å². The van der Waals surface area contributed by atoms with E-state index in [1.54, 1.807) is 26.0 Å². The van der Waals surface area contributed by atoms with Crippen LogP contribution in [0.15, 0.2) is 46.9 Å². The molecule has 2 aromatic carbocycles. The van der Waals surface area contributed by atoms with Gasteiger partial charge in [0.05, 0.1) is 28.0 Å². The number of hydrogen-bond donors (Lipinski definition) is 0. The smallest absolute Gasteiger partial charge is 0.288 e. The summed E-state index contributed by atoms with van der Waals surface area (Å²) in [6.07, 6.45) is 1.06. The fraction of sp³-hybridized carbons (Fsp3) is 0.391. The summed E-state index contributed by atoms with van der Waals surface area (Å²) in [5.74, 6) is 2.61. The second kappa shape index (κ2) is 10.1. The van der Waals surface area contributed by atoms with Crippen molar-refractivity contribution in [3.63, 3.8) is 0 Å². The monoisotopic (exact) mass is 456 g/mol. The van der Waals surface area contributed by atoms with Gasteiger partial charge in [0.2, 0.25) is 5.89 Å². The number of aromatic nitrogens is 2. The van der Waals surface area contributed by atoms with Gasteiger partial charge < -0.3 is 23.5 Å². The van der Waals surface area contributed by atoms with Crippen molar-refractivity contribution < 1.29 is 18.6 Å². The average Bonchev–Trinajstić information content (AvgIpc) is 3.04. The number of benzene rings is 2. The average molecular weight is 457 g/mol. The van der Waals surface area contributed by atoms with Crippen molar-refractivity contribution in [2.24, 2.45) is 0 Å². The van der Waals surface area contributed by atoms with Crippen molar-refractivity contribution in [3.05, 3.63) is 47.3 Å². The lowest BCUT2D eigenvalue weighted by Gasteiger charge is -2.23. The molecule has 0 atom stereocenters. The third-order valence-corrected chi connectivity index (χ3v) is 5.89. The molecule has 170 valence electrons. The van der Waals surface area contributed by atoms with Gasteiger partial charge >= 0.3 is 0 Å². The normalized spacial score (nSPS) is 14.8. The second-order valence-corrected chi connectivity index (χ2v) is 7.89. The van der Waals surface area contributed by atoms with E-state index >= 15 is 0 Å². The van der Waals surface area contributed by atoms with E-state index in [4.69, 9.17) is 30.8 Å². The molecule has 0 N–H and O–H groups in total. The molecule has 0 saturated carbocycles. The van der Waals surface area contributed by atoms with Gasteiger partial charge in [0.15, 0.2) is 11.5 Å². The Labute approximate surface area is 192 Å². The molecule has 9 heteroatoms. The maximum atomic E-state index is 5.78. The molecule has 1 aliphatic heterocycles. The first kappa shape index (κ1) is 22.2. The summed E-state index contributed by atoms with van der Waals surface area (Å²) in [6, 6.07) is 13.8. The van der Waals surface area contributed by atoms with Crippen molar-refractivity contribution >= 4 is 17.9 Å². The fourth-order valence-corrected chi connectivity index (χ4v) is 4.01. The van der Waals surface area contributed by atoms with E-state index in [1.165, 1.54) is 5.69 Å². The second-order valence-electron chi connectivity index (χ2n) is 7.54. The molecule has 32 heavy (non-hydrogen) atoms. The summed E-state index contributed by atoms with van der Waals surface area (Å²) in [6.45, 7) is 4.40. The quantitative estimate of drug-likeness (QED) is 0.493. The molecule has 3 aromatic rings.